The van der Waals surface area contributed by atoms with Crippen molar-refractivity contribution in [3.63, 3.8) is 0 Å². The third kappa shape index (κ3) is 3.98. The molecule has 2 N–H and O–H groups in total. The molecular formula is C16H25NO2. The first-order valence-electron chi connectivity index (χ1n) is 6.91. The van der Waals surface area contributed by atoms with Crippen LogP contribution in [0.2, 0.25) is 0 Å². The maximum absolute atomic E-state index is 11.2. The summed E-state index contributed by atoms with van der Waals surface area (Å²) in [6, 6.07) is 5.37. The number of carboxylic acid groups (broad SMARTS) is 1. The van der Waals surface area contributed by atoms with Crippen LogP contribution in [0.5, 0.6) is 0 Å². The molecule has 0 fully saturated rings. The highest BCUT2D eigenvalue weighted by Gasteiger charge is 2.19. The molecule has 0 aliphatic heterocycles. The van der Waals surface area contributed by atoms with E-state index in [1.807, 2.05) is 13.0 Å². The second-order valence-corrected chi connectivity index (χ2v) is 5.84. The Morgan fingerprint density at radius 1 is 1.21 bits per heavy atom. The van der Waals surface area contributed by atoms with E-state index >= 15 is 0 Å². The van der Waals surface area contributed by atoms with Crippen molar-refractivity contribution >= 4 is 11.7 Å². The molecule has 3 heteroatoms. The molecule has 1 rings (SSSR count). The Bertz CT molecular complexity index is 430. The predicted octanol–water partition coefficient (Wildman–Crippen LogP) is 4.03. The summed E-state index contributed by atoms with van der Waals surface area (Å²) in [6.07, 6.45) is 0. The van der Waals surface area contributed by atoms with E-state index in [0.29, 0.717) is 23.3 Å². The maximum atomic E-state index is 11.2. The molecule has 0 unspecified atom stereocenters. The van der Waals surface area contributed by atoms with Gasteiger partial charge >= 0.3 is 5.97 Å². The van der Waals surface area contributed by atoms with Crippen LogP contribution in [-0.2, 0) is 0 Å². The SMILES string of the molecule is Cc1cccc(C(=O)O)c1NCC(C(C)C)C(C)C. The molecule has 3 nitrogen and oxygen atoms in total. The Balaban J connectivity index is 2.90. The summed E-state index contributed by atoms with van der Waals surface area (Å²) < 4.78 is 0. The van der Waals surface area contributed by atoms with Crippen molar-refractivity contribution in [3.8, 4) is 0 Å². The zero-order valence-electron chi connectivity index (χ0n) is 12.5. The first-order chi connectivity index (χ1) is 8.84. The summed E-state index contributed by atoms with van der Waals surface area (Å²) in [5.74, 6) is 0.799. The van der Waals surface area contributed by atoms with Gasteiger partial charge in [-0.05, 0) is 36.3 Å². The third-order valence-corrected chi connectivity index (χ3v) is 3.73. The van der Waals surface area contributed by atoms with Crippen LogP contribution >= 0.6 is 0 Å². The summed E-state index contributed by atoms with van der Waals surface area (Å²) in [5.41, 5.74) is 2.08. The lowest BCUT2D eigenvalue weighted by molar-refractivity contribution is 0.0698. The zero-order valence-corrected chi connectivity index (χ0v) is 12.5. The van der Waals surface area contributed by atoms with Gasteiger partial charge in [0.25, 0.3) is 0 Å². The van der Waals surface area contributed by atoms with E-state index in [1.54, 1.807) is 12.1 Å². The molecular weight excluding hydrogens is 238 g/mol. The zero-order chi connectivity index (χ0) is 14.6. The molecule has 106 valence electrons. The molecule has 1 aromatic carbocycles. The second kappa shape index (κ2) is 6.60. The Morgan fingerprint density at radius 2 is 1.79 bits per heavy atom. The highest BCUT2D eigenvalue weighted by molar-refractivity contribution is 5.95. The van der Waals surface area contributed by atoms with Gasteiger partial charge < -0.3 is 10.4 Å². The maximum Gasteiger partial charge on any atom is 0.337 e. The standard InChI is InChI=1S/C16H25NO2/c1-10(2)14(11(3)4)9-17-15-12(5)7-6-8-13(15)16(18)19/h6-8,10-11,14,17H,9H2,1-5H3,(H,18,19). The van der Waals surface area contributed by atoms with E-state index in [1.165, 1.54) is 0 Å². The van der Waals surface area contributed by atoms with Gasteiger partial charge in [-0.15, -0.1) is 0 Å². The third-order valence-electron chi connectivity index (χ3n) is 3.73. The van der Waals surface area contributed by atoms with Gasteiger partial charge in [-0.1, -0.05) is 39.8 Å². The molecule has 1 aromatic rings. The van der Waals surface area contributed by atoms with Gasteiger partial charge in [0.15, 0.2) is 0 Å². The number of carbonyl (C=O) groups is 1. The highest BCUT2D eigenvalue weighted by atomic mass is 16.4. The Labute approximate surface area is 116 Å². The topological polar surface area (TPSA) is 49.3 Å². The first kappa shape index (κ1) is 15.5. The van der Waals surface area contributed by atoms with E-state index in [-0.39, 0.29) is 0 Å². The van der Waals surface area contributed by atoms with Crippen LogP contribution in [0.25, 0.3) is 0 Å². The van der Waals surface area contributed by atoms with Crippen molar-refractivity contribution in [3.05, 3.63) is 29.3 Å². The van der Waals surface area contributed by atoms with Crippen molar-refractivity contribution in [1.82, 2.24) is 0 Å². The average Bonchev–Trinajstić information content (AvgIpc) is 2.29. The number of benzene rings is 1. The minimum absolute atomic E-state index is 0.353. The number of hydrogen-bond donors (Lipinski definition) is 2. The van der Waals surface area contributed by atoms with Crippen LogP contribution < -0.4 is 5.32 Å². The minimum Gasteiger partial charge on any atom is -0.478 e. The lowest BCUT2D eigenvalue weighted by atomic mass is 9.85. The Hall–Kier alpha value is -1.51. The molecule has 0 bridgehead atoms. The molecule has 0 saturated carbocycles. The molecule has 19 heavy (non-hydrogen) atoms. The van der Waals surface area contributed by atoms with Gasteiger partial charge in [-0.2, -0.15) is 0 Å². The smallest absolute Gasteiger partial charge is 0.337 e. The monoisotopic (exact) mass is 263 g/mol. The van der Waals surface area contributed by atoms with Gasteiger partial charge in [-0.3, -0.25) is 0 Å². The normalized spacial score (nSPS) is 11.4. The molecule has 0 aromatic heterocycles. The second-order valence-electron chi connectivity index (χ2n) is 5.84. The van der Waals surface area contributed by atoms with Crippen molar-refractivity contribution < 1.29 is 9.90 Å². The number of carboxylic acids is 1. The van der Waals surface area contributed by atoms with Crippen molar-refractivity contribution in [1.29, 1.82) is 0 Å². The summed E-state index contributed by atoms with van der Waals surface area (Å²) in [6.45, 7) is 11.6. The fraction of sp³-hybridized carbons (Fsp3) is 0.562. The Morgan fingerprint density at radius 3 is 2.26 bits per heavy atom. The van der Waals surface area contributed by atoms with Crippen molar-refractivity contribution in [2.24, 2.45) is 17.8 Å². The van der Waals surface area contributed by atoms with E-state index in [9.17, 15) is 9.90 Å². The van der Waals surface area contributed by atoms with E-state index in [4.69, 9.17) is 0 Å². The lowest BCUT2D eigenvalue weighted by Crippen LogP contribution is -2.25. The van der Waals surface area contributed by atoms with Crippen molar-refractivity contribution in [2.75, 3.05) is 11.9 Å². The highest BCUT2D eigenvalue weighted by Crippen LogP contribution is 2.25. The number of hydrogen-bond acceptors (Lipinski definition) is 2. The van der Waals surface area contributed by atoms with Gasteiger partial charge in [-0.25, -0.2) is 4.79 Å². The van der Waals surface area contributed by atoms with Crippen LogP contribution in [0.15, 0.2) is 18.2 Å². The summed E-state index contributed by atoms with van der Waals surface area (Å²) in [5, 5.41) is 12.6. The molecule has 0 heterocycles. The van der Waals surface area contributed by atoms with Crippen LogP contribution in [0, 0.1) is 24.7 Å². The quantitative estimate of drug-likeness (QED) is 0.814. The molecule has 0 spiro atoms. The number of nitrogens with one attached hydrogen (secondary N) is 1. The molecule has 0 atom stereocenters. The lowest BCUT2D eigenvalue weighted by Gasteiger charge is -2.26. The summed E-state index contributed by atoms with van der Waals surface area (Å²) in [7, 11) is 0. The predicted molar refractivity (Wildman–Crippen MR) is 79.8 cm³/mol. The number of rotatable bonds is 6. The number of anilines is 1. The van der Waals surface area contributed by atoms with Crippen LogP contribution in [0.4, 0.5) is 5.69 Å². The summed E-state index contributed by atoms with van der Waals surface area (Å²) >= 11 is 0. The molecule has 0 amide bonds. The largest absolute Gasteiger partial charge is 0.478 e. The molecule has 0 aliphatic carbocycles. The molecule has 0 radical (unpaired) electrons. The molecule has 0 saturated heterocycles. The van der Waals surface area contributed by atoms with Crippen molar-refractivity contribution in [2.45, 2.75) is 34.6 Å². The van der Waals surface area contributed by atoms with Gasteiger partial charge in [0.05, 0.1) is 11.3 Å². The van der Waals surface area contributed by atoms with Crippen LogP contribution in [0.3, 0.4) is 0 Å². The van der Waals surface area contributed by atoms with Gasteiger partial charge in [0.1, 0.15) is 0 Å². The molecule has 0 aliphatic rings. The van der Waals surface area contributed by atoms with E-state index < -0.39 is 5.97 Å². The summed E-state index contributed by atoms with van der Waals surface area (Å²) in [4.78, 5) is 11.2. The van der Waals surface area contributed by atoms with E-state index in [2.05, 4.69) is 33.0 Å². The number of aryl methyl sites for hydroxylation is 1. The minimum atomic E-state index is -0.878. The fourth-order valence-electron chi connectivity index (χ4n) is 2.54. The first-order valence-corrected chi connectivity index (χ1v) is 6.91. The Kier molecular flexibility index (Phi) is 5.40. The van der Waals surface area contributed by atoms with E-state index in [0.717, 1.165) is 17.8 Å². The van der Waals surface area contributed by atoms with Gasteiger partial charge in [0, 0.05) is 6.54 Å². The fourth-order valence-corrected chi connectivity index (χ4v) is 2.54. The van der Waals surface area contributed by atoms with Gasteiger partial charge in [0.2, 0.25) is 0 Å². The number of aromatic carboxylic acids is 1. The number of para-hydroxylation sites is 1. The van der Waals surface area contributed by atoms with Crippen LogP contribution in [0.1, 0.15) is 43.6 Å². The van der Waals surface area contributed by atoms with Crippen LogP contribution in [-0.4, -0.2) is 17.6 Å². The average molecular weight is 263 g/mol.